The summed E-state index contributed by atoms with van der Waals surface area (Å²) >= 11 is 0. The predicted octanol–water partition coefficient (Wildman–Crippen LogP) is 10.4. The predicted molar refractivity (Wildman–Crippen MR) is 258 cm³/mol. The maximum Gasteiger partial charge on any atom is 0.266 e. The summed E-state index contributed by atoms with van der Waals surface area (Å²) in [4.78, 5) is 36.4. The van der Waals surface area contributed by atoms with Crippen LogP contribution in [-0.2, 0) is 0 Å². The van der Waals surface area contributed by atoms with Crippen molar-refractivity contribution in [3.05, 3.63) is 176 Å². The number of fused-ring (bicyclic) bond motifs is 2. The molecule has 0 amide bonds. The summed E-state index contributed by atoms with van der Waals surface area (Å²) in [5.74, 6) is 2.52. The van der Waals surface area contributed by atoms with Gasteiger partial charge in [0.1, 0.15) is 28.8 Å². The average Bonchev–Trinajstić information content (AvgIpc) is 3.29. The quantitative estimate of drug-likeness (QED) is 0.136. The standard InChI is InChI=1S/C25H22N2O5.C25H22N2O3.2CH4/c1-30-19-11-7-12-20(31-2)23(19)27-22(26-18-10-5-4-9-17(18)25(27)29)15-14-16-8-6-13-21(32-3)24(16)28;1-16-11-13-21(17(2)15-16)27-23(26-20-9-5-4-8-19(20)25(27)29)14-12-18-7-6-10-22(30-3)24(18)28;;/h4-15,28H,1-3H3;4-15,28H,1-3H3;2*1H4/b15-14+;14-12+;;. The van der Waals surface area contributed by atoms with Crippen molar-refractivity contribution in [2.24, 2.45) is 0 Å². The Hall–Kier alpha value is -8.12. The molecule has 0 aliphatic heterocycles. The van der Waals surface area contributed by atoms with Crippen LogP contribution < -0.4 is 30.1 Å². The van der Waals surface area contributed by atoms with E-state index in [9.17, 15) is 19.8 Å². The van der Waals surface area contributed by atoms with Crippen LogP contribution in [0.25, 0.3) is 57.5 Å². The fourth-order valence-electron chi connectivity index (χ4n) is 7.09. The van der Waals surface area contributed by atoms with Gasteiger partial charge in [-0.05, 0) is 98.3 Å². The van der Waals surface area contributed by atoms with E-state index in [2.05, 4.69) is 0 Å². The smallest absolute Gasteiger partial charge is 0.266 e. The van der Waals surface area contributed by atoms with Crippen molar-refractivity contribution in [2.45, 2.75) is 28.7 Å². The lowest BCUT2D eigenvalue weighted by molar-refractivity contribution is 0.373. The second-order valence-electron chi connectivity index (χ2n) is 14.0. The lowest BCUT2D eigenvalue weighted by Crippen LogP contribution is -2.23. The SMILES string of the molecule is C.C.COc1cccc(/C=C/c2nc3ccccc3c(=O)n2-c2c(OC)cccc2OC)c1O.COc1cccc(/C=C/c2nc3ccccc3c(=O)n2-c2ccc(C)cc2C)c1O. The molecule has 0 atom stereocenters. The van der Waals surface area contributed by atoms with Crippen LogP contribution in [-0.4, -0.2) is 57.8 Å². The second kappa shape index (κ2) is 20.6. The molecule has 2 aromatic heterocycles. The van der Waals surface area contributed by atoms with Crippen molar-refractivity contribution in [2.75, 3.05) is 28.4 Å². The number of aromatic hydroxyl groups is 2. The van der Waals surface area contributed by atoms with Crippen LogP contribution in [0.3, 0.4) is 0 Å². The Morgan fingerprint density at radius 2 is 0.922 bits per heavy atom. The van der Waals surface area contributed by atoms with Crippen LogP contribution >= 0.6 is 0 Å². The third kappa shape index (κ3) is 9.36. The number of hydrogen-bond donors (Lipinski definition) is 2. The molecule has 6 aromatic carbocycles. The molecular weight excluding hydrogens is 809 g/mol. The number of ether oxygens (including phenoxy) is 4. The van der Waals surface area contributed by atoms with Gasteiger partial charge in [0, 0.05) is 11.1 Å². The molecule has 0 saturated carbocycles. The van der Waals surface area contributed by atoms with E-state index in [0.29, 0.717) is 73.3 Å². The third-order valence-electron chi connectivity index (χ3n) is 10.1. The Balaban J connectivity index is 0.000000234. The van der Waals surface area contributed by atoms with E-state index in [4.69, 9.17) is 28.9 Å². The minimum Gasteiger partial charge on any atom is -0.504 e. The highest BCUT2D eigenvalue weighted by atomic mass is 16.5. The van der Waals surface area contributed by atoms with E-state index in [1.54, 1.807) is 108 Å². The number of methoxy groups -OCH3 is 4. The van der Waals surface area contributed by atoms with Crippen LogP contribution in [0.1, 0.15) is 48.8 Å². The number of aromatic nitrogens is 4. The largest absolute Gasteiger partial charge is 0.504 e. The molecular formula is C52H52N4O8. The van der Waals surface area contributed by atoms with Gasteiger partial charge in [-0.3, -0.25) is 18.7 Å². The molecule has 12 nitrogen and oxygen atoms in total. The van der Waals surface area contributed by atoms with Gasteiger partial charge in [-0.15, -0.1) is 0 Å². The van der Waals surface area contributed by atoms with Crippen molar-refractivity contribution in [3.63, 3.8) is 0 Å². The maximum atomic E-state index is 13.6. The number of phenolic OH excluding ortho intramolecular Hbond substituents is 2. The molecule has 0 radical (unpaired) electrons. The van der Waals surface area contributed by atoms with Gasteiger partial charge < -0.3 is 29.2 Å². The topological polar surface area (TPSA) is 147 Å². The molecule has 12 heteroatoms. The highest BCUT2D eigenvalue weighted by Gasteiger charge is 2.19. The van der Waals surface area contributed by atoms with Gasteiger partial charge in [0.2, 0.25) is 0 Å². The van der Waals surface area contributed by atoms with E-state index < -0.39 is 0 Å². The Morgan fingerprint density at radius 3 is 1.39 bits per heavy atom. The van der Waals surface area contributed by atoms with Crippen LogP contribution in [0.15, 0.2) is 131 Å². The molecule has 2 heterocycles. The molecule has 0 saturated heterocycles. The first kappa shape index (κ1) is 46.9. The van der Waals surface area contributed by atoms with Gasteiger partial charge in [0.25, 0.3) is 11.1 Å². The number of rotatable bonds is 10. The van der Waals surface area contributed by atoms with Gasteiger partial charge >= 0.3 is 0 Å². The monoisotopic (exact) mass is 860 g/mol. The first-order chi connectivity index (χ1) is 30.1. The summed E-state index contributed by atoms with van der Waals surface area (Å²) < 4.78 is 24.5. The first-order valence-corrected chi connectivity index (χ1v) is 19.5. The normalized spacial score (nSPS) is 10.8. The first-order valence-electron chi connectivity index (χ1n) is 19.5. The molecule has 2 N–H and O–H groups in total. The lowest BCUT2D eigenvalue weighted by Gasteiger charge is -2.17. The molecule has 0 aliphatic carbocycles. The molecule has 0 fully saturated rings. The summed E-state index contributed by atoms with van der Waals surface area (Å²) in [6, 6.07) is 36.1. The molecule has 64 heavy (non-hydrogen) atoms. The van der Waals surface area contributed by atoms with E-state index in [1.165, 1.54) is 33.0 Å². The van der Waals surface area contributed by atoms with Gasteiger partial charge in [-0.1, -0.05) is 87.1 Å². The third-order valence-corrected chi connectivity index (χ3v) is 10.1. The van der Waals surface area contributed by atoms with E-state index in [0.717, 1.165) is 16.8 Å². The van der Waals surface area contributed by atoms with Crippen molar-refractivity contribution >= 4 is 46.1 Å². The lowest BCUT2D eigenvalue weighted by atomic mass is 10.1. The van der Waals surface area contributed by atoms with Crippen LogP contribution in [0.4, 0.5) is 0 Å². The van der Waals surface area contributed by atoms with Crippen molar-refractivity contribution < 1.29 is 29.2 Å². The molecule has 8 rings (SSSR count). The Kier molecular flexibility index (Phi) is 15.1. The number of para-hydroxylation sites is 5. The van der Waals surface area contributed by atoms with Crippen LogP contribution in [0.5, 0.6) is 34.5 Å². The van der Waals surface area contributed by atoms with Gasteiger partial charge in [-0.2, -0.15) is 0 Å². The molecule has 0 spiro atoms. The van der Waals surface area contributed by atoms with Crippen molar-refractivity contribution in [1.82, 2.24) is 19.1 Å². The fourth-order valence-corrected chi connectivity index (χ4v) is 7.09. The van der Waals surface area contributed by atoms with E-state index in [1.807, 2.05) is 56.3 Å². The summed E-state index contributed by atoms with van der Waals surface area (Å²) in [5, 5.41) is 21.8. The molecule has 328 valence electrons. The van der Waals surface area contributed by atoms with E-state index in [-0.39, 0.29) is 37.5 Å². The zero-order valence-electron chi connectivity index (χ0n) is 35.0. The number of nitrogens with zero attached hydrogens (tertiary/aromatic N) is 4. The van der Waals surface area contributed by atoms with Gasteiger partial charge in [0.05, 0.1) is 55.9 Å². The van der Waals surface area contributed by atoms with E-state index >= 15 is 0 Å². The summed E-state index contributed by atoms with van der Waals surface area (Å²) in [5.41, 5.74) is 5.18. The zero-order valence-corrected chi connectivity index (χ0v) is 35.0. The number of hydrogen-bond acceptors (Lipinski definition) is 10. The molecule has 0 unspecified atom stereocenters. The number of aryl methyl sites for hydroxylation is 2. The molecule has 0 bridgehead atoms. The Morgan fingerprint density at radius 1 is 0.500 bits per heavy atom. The van der Waals surface area contributed by atoms with Crippen molar-refractivity contribution in [1.29, 1.82) is 0 Å². The number of phenols is 2. The molecule has 0 aliphatic rings. The minimum absolute atomic E-state index is 0. The summed E-state index contributed by atoms with van der Waals surface area (Å²) in [7, 11) is 6.05. The van der Waals surface area contributed by atoms with Crippen LogP contribution in [0.2, 0.25) is 0 Å². The van der Waals surface area contributed by atoms with Crippen LogP contribution in [0, 0.1) is 13.8 Å². The zero-order chi connectivity index (χ0) is 43.9. The molecule has 8 aromatic rings. The Bertz CT molecular complexity index is 3110. The maximum absolute atomic E-state index is 13.6. The minimum atomic E-state index is -0.270. The second-order valence-corrected chi connectivity index (χ2v) is 14.0. The number of benzene rings is 6. The highest BCUT2D eigenvalue weighted by Crippen LogP contribution is 2.35. The fraction of sp³-hybridized carbons (Fsp3) is 0.154. The van der Waals surface area contributed by atoms with Crippen molar-refractivity contribution in [3.8, 4) is 45.9 Å². The Labute approximate surface area is 372 Å². The van der Waals surface area contributed by atoms with Gasteiger partial charge in [0.15, 0.2) is 23.0 Å². The summed E-state index contributed by atoms with van der Waals surface area (Å²) in [6.45, 7) is 4.00. The average molecular weight is 861 g/mol. The van der Waals surface area contributed by atoms with Gasteiger partial charge in [-0.25, -0.2) is 9.97 Å². The summed E-state index contributed by atoms with van der Waals surface area (Å²) in [6.07, 6.45) is 6.80. The highest BCUT2D eigenvalue weighted by molar-refractivity contribution is 5.82.